The van der Waals surface area contributed by atoms with Crippen LogP contribution < -0.4 is 5.32 Å². The van der Waals surface area contributed by atoms with E-state index in [1.165, 1.54) is 0 Å². The van der Waals surface area contributed by atoms with Crippen molar-refractivity contribution in [2.45, 2.75) is 26.2 Å². The molecule has 1 atom stereocenters. The maximum Gasteiger partial charge on any atom is 0.136 e. The van der Waals surface area contributed by atoms with Crippen molar-refractivity contribution in [2.24, 2.45) is 5.92 Å². The summed E-state index contributed by atoms with van der Waals surface area (Å²) in [5.74, 6) is 0.742. The van der Waals surface area contributed by atoms with E-state index in [0.717, 1.165) is 25.9 Å². The van der Waals surface area contributed by atoms with Gasteiger partial charge in [-0.1, -0.05) is 6.92 Å². The molecule has 0 radical (unpaired) electrons. The van der Waals surface area contributed by atoms with Gasteiger partial charge in [-0.15, -0.1) is 0 Å². The van der Waals surface area contributed by atoms with Crippen molar-refractivity contribution in [1.82, 2.24) is 5.32 Å². The largest absolute Gasteiger partial charge is 0.316 e. The van der Waals surface area contributed by atoms with E-state index < -0.39 is 0 Å². The molecule has 0 bridgehead atoms. The van der Waals surface area contributed by atoms with Crippen LogP contribution in [0.1, 0.15) is 26.2 Å². The van der Waals surface area contributed by atoms with E-state index in [0.29, 0.717) is 18.1 Å². The molecule has 1 fully saturated rings. The van der Waals surface area contributed by atoms with Crippen LogP contribution in [0.15, 0.2) is 0 Å². The normalized spacial score (nSPS) is 26.3. The number of rotatable bonds is 2. The van der Waals surface area contributed by atoms with E-state index in [2.05, 4.69) is 5.32 Å². The molecule has 1 aliphatic heterocycles. The van der Waals surface area contributed by atoms with Crippen molar-refractivity contribution in [3.63, 3.8) is 0 Å². The summed E-state index contributed by atoms with van der Waals surface area (Å²) >= 11 is 0. The van der Waals surface area contributed by atoms with Crippen molar-refractivity contribution in [3.05, 3.63) is 0 Å². The van der Waals surface area contributed by atoms with Gasteiger partial charge in [0.25, 0.3) is 0 Å². The van der Waals surface area contributed by atoms with Gasteiger partial charge in [-0.2, -0.15) is 0 Å². The Bertz CT molecular complexity index is 116. The topological polar surface area (TPSA) is 29.1 Å². The van der Waals surface area contributed by atoms with Gasteiger partial charge in [0, 0.05) is 18.9 Å². The van der Waals surface area contributed by atoms with E-state index in [1.807, 2.05) is 6.92 Å². The number of piperidine rings is 1. The maximum atomic E-state index is 11.1. The Balaban J connectivity index is 2.31. The fourth-order valence-electron chi connectivity index (χ4n) is 1.42. The summed E-state index contributed by atoms with van der Waals surface area (Å²) in [5.41, 5.74) is 0. The zero-order valence-electron chi connectivity index (χ0n) is 6.52. The first kappa shape index (κ1) is 7.73. The van der Waals surface area contributed by atoms with Crippen molar-refractivity contribution in [1.29, 1.82) is 0 Å². The molecule has 0 aromatic rings. The highest BCUT2D eigenvalue weighted by Crippen LogP contribution is 2.11. The van der Waals surface area contributed by atoms with Crippen molar-refractivity contribution >= 4 is 5.78 Å². The predicted octanol–water partition coefficient (Wildman–Crippen LogP) is 0.965. The van der Waals surface area contributed by atoms with Gasteiger partial charge >= 0.3 is 0 Å². The van der Waals surface area contributed by atoms with Crippen LogP contribution in [0.5, 0.6) is 0 Å². The molecule has 1 rings (SSSR count). The second kappa shape index (κ2) is 3.71. The van der Waals surface area contributed by atoms with Crippen LogP contribution >= 0.6 is 0 Å². The minimum absolute atomic E-state index is 0.318. The summed E-state index contributed by atoms with van der Waals surface area (Å²) in [6, 6.07) is 0. The number of hydrogen-bond acceptors (Lipinski definition) is 2. The highest BCUT2D eigenvalue weighted by Gasteiger charge is 2.18. The third-order valence-electron chi connectivity index (χ3n) is 2.10. The van der Waals surface area contributed by atoms with E-state index in [1.54, 1.807) is 0 Å². The van der Waals surface area contributed by atoms with Crippen molar-refractivity contribution < 1.29 is 4.79 Å². The summed E-state index contributed by atoms with van der Waals surface area (Å²) in [6.45, 7) is 3.94. The first-order chi connectivity index (χ1) is 4.84. The number of nitrogens with one attached hydrogen (secondary N) is 1. The molecule has 0 amide bonds. The Morgan fingerprint density at radius 2 is 2.50 bits per heavy atom. The Kier molecular flexibility index (Phi) is 2.87. The van der Waals surface area contributed by atoms with Crippen LogP contribution in [-0.4, -0.2) is 18.9 Å². The van der Waals surface area contributed by atoms with Crippen LogP contribution in [0.4, 0.5) is 0 Å². The van der Waals surface area contributed by atoms with E-state index in [4.69, 9.17) is 0 Å². The van der Waals surface area contributed by atoms with Crippen LogP contribution in [-0.2, 0) is 4.79 Å². The fourth-order valence-corrected chi connectivity index (χ4v) is 1.42. The monoisotopic (exact) mass is 141 g/mol. The molecule has 1 saturated heterocycles. The lowest BCUT2D eigenvalue weighted by molar-refractivity contribution is -0.123. The SMILES string of the molecule is CCC(=O)C1CCCNC1. The molecule has 1 unspecified atom stereocenters. The molecule has 1 heterocycles. The van der Waals surface area contributed by atoms with Crippen molar-refractivity contribution in [3.8, 4) is 0 Å². The lowest BCUT2D eigenvalue weighted by Gasteiger charge is -2.20. The molecular weight excluding hydrogens is 126 g/mol. The molecule has 58 valence electrons. The van der Waals surface area contributed by atoms with Crippen molar-refractivity contribution in [2.75, 3.05) is 13.1 Å². The smallest absolute Gasteiger partial charge is 0.136 e. The molecular formula is C8H15NO. The summed E-state index contributed by atoms with van der Waals surface area (Å²) < 4.78 is 0. The average molecular weight is 141 g/mol. The minimum atomic E-state index is 0.318. The van der Waals surface area contributed by atoms with E-state index in [-0.39, 0.29) is 0 Å². The van der Waals surface area contributed by atoms with Gasteiger partial charge in [0.15, 0.2) is 0 Å². The van der Waals surface area contributed by atoms with Gasteiger partial charge in [-0.25, -0.2) is 0 Å². The highest BCUT2D eigenvalue weighted by molar-refractivity contribution is 5.80. The molecule has 1 N–H and O–H groups in total. The summed E-state index contributed by atoms with van der Waals surface area (Å²) in [6.07, 6.45) is 2.96. The summed E-state index contributed by atoms with van der Waals surface area (Å²) in [7, 11) is 0. The molecule has 0 spiro atoms. The van der Waals surface area contributed by atoms with E-state index >= 15 is 0 Å². The lowest BCUT2D eigenvalue weighted by atomic mass is 9.94. The fraction of sp³-hybridized carbons (Fsp3) is 0.875. The van der Waals surface area contributed by atoms with Gasteiger partial charge in [0.05, 0.1) is 0 Å². The number of Topliss-reactive ketones (excluding diaryl/α,β-unsaturated/α-hetero) is 1. The summed E-state index contributed by atoms with van der Waals surface area (Å²) in [5, 5.41) is 3.23. The highest BCUT2D eigenvalue weighted by atomic mass is 16.1. The number of hydrogen-bond donors (Lipinski definition) is 1. The zero-order chi connectivity index (χ0) is 7.40. The molecule has 0 aliphatic carbocycles. The van der Waals surface area contributed by atoms with Crippen LogP contribution in [0.3, 0.4) is 0 Å². The number of carbonyl (C=O) groups is 1. The van der Waals surface area contributed by atoms with Crippen LogP contribution in [0.2, 0.25) is 0 Å². The molecule has 2 nitrogen and oxygen atoms in total. The second-order valence-electron chi connectivity index (χ2n) is 2.86. The molecule has 10 heavy (non-hydrogen) atoms. The molecule has 1 aliphatic rings. The zero-order valence-corrected chi connectivity index (χ0v) is 6.52. The first-order valence-electron chi connectivity index (χ1n) is 4.08. The molecule has 0 aromatic heterocycles. The predicted molar refractivity (Wildman–Crippen MR) is 40.9 cm³/mol. The Hall–Kier alpha value is -0.370. The van der Waals surface area contributed by atoms with Gasteiger partial charge in [-0.05, 0) is 19.4 Å². The Labute approximate surface area is 62.0 Å². The van der Waals surface area contributed by atoms with Crippen LogP contribution in [0, 0.1) is 5.92 Å². The molecule has 2 heteroatoms. The van der Waals surface area contributed by atoms with Gasteiger partial charge in [0.2, 0.25) is 0 Å². The van der Waals surface area contributed by atoms with Gasteiger partial charge < -0.3 is 5.32 Å². The third kappa shape index (κ3) is 1.81. The standard InChI is InChI=1S/C8H15NO/c1-2-8(10)7-4-3-5-9-6-7/h7,9H,2-6H2,1H3. The number of carbonyl (C=O) groups excluding carboxylic acids is 1. The number of ketones is 1. The lowest BCUT2D eigenvalue weighted by Crippen LogP contribution is -2.34. The molecule has 0 saturated carbocycles. The Morgan fingerprint density at radius 3 is 3.00 bits per heavy atom. The maximum absolute atomic E-state index is 11.1. The summed E-state index contributed by atoms with van der Waals surface area (Å²) in [4.78, 5) is 11.1. The van der Waals surface area contributed by atoms with E-state index in [9.17, 15) is 4.79 Å². The second-order valence-corrected chi connectivity index (χ2v) is 2.86. The average Bonchev–Trinajstić information content (AvgIpc) is 2.05. The Morgan fingerprint density at radius 1 is 1.70 bits per heavy atom. The quantitative estimate of drug-likeness (QED) is 0.620. The minimum Gasteiger partial charge on any atom is -0.316 e. The van der Waals surface area contributed by atoms with Gasteiger partial charge in [0.1, 0.15) is 5.78 Å². The molecule has 0 aromatic carbocycles. The van der Waals surface area contributed by atoms with Gasteiger partial charge in [-0.3, -0.25) is 4.79 Å². The first-order valence-corrected chi connectivity index (χ1v) is 4.08. The van der Waals surface area contributed by atoms with Crippen LogP contribution in [0.25, 0.3) is 0 Å². The third-order valence-corrected chi connectivity index (χ3v) is 2.10.